The summed E-state index contributed by atoms with van der Waals surface area (Å²) in [5.74, 6) is 0.398. The number of hydrogen-bond acceptors (Lipinski definition) is 5. The number of ether oxygens (including phenoxy) is 3. The van der Waals surface area contributed by atoms with Gasteiger partial charge in [0.1, 0.15) is 17.3 Å². The second kappa shape index (κ2) is 8.02. The van der Waals surface area contributed by atoms with Crippen molar-refractivity contribution in [2.45, 2.75) is 25.4 Å². The standard InChI is InChI=1S/C20H18BrFN2O6/c1-28-13-4-2-11(3-5-13)8-23-10-17(30-20(23)27)18-24(19(25)26)9-12-6-14(21)15(22)7-16(12)29-18/h2-7,17-18H,8-10H2,1H3,(H,25,26)/t17-,18-/m0/s1. The lowest BCUT2D eigenvalue weighted by Crippen LogP contribution is -2.53. The van der Waals surface area contributed by atoms with Gasteiger partial charge in [0.05, 0.1) is 24.7 Å². The topological polar surface area (TPSA) is 88.5 Å². The molecule has 2 aliphatic rings. The number of fused-ring (bicyclic) bond motifs is 1. The predicted molar refractivity (Wildman–Crippen MR) is 106 cm³/mol. The SMILES string of the molecule is COc1ccc(CN2C[C@@H]([C@@H]3Oc4cc(F)c(Br)cc4CN3C(=O)O)OC2=O)cc1. The number of carbonyl (C=O) groups excluding carboxylic acids is 1. The number of carboxylic acid groups (broad SMARTS) is 1. The molecule has 30 heavy (non-hydrogen) atoms. The molecule has 0 unspecified atom stereocenters. The molecule has 2 atom stereocenters. The summed E-state index contributed by atoms with van der Waals surface area (Å²) in [4.78, 5) is 26.7. The molecule has 0 aromatic heterocycles. The summed E-state index contributed by atoms with van der Waals surface area (Å²) in [6, 6.07) is 9.90. The van der Waals surface area contributed by atoms with E-state index in [1.165, 1.54) is 17.0 Å². The van der Waals surface area contributed by atoms with E-state index in [0.717, 1.165) is 10.5 Å². The van der Waals surface area contributed by atoms with Gasteiger partial charge in [0.15, 0.2) is 6.10 Å². The van der Waals surface area contributed by atoms with Crippen LogP contribution in [-0.4, -0.2) is 53.1 Å². The quantitative estimate of drug-likeness (QED) is 0.715. The van der Waals surface area contributed by atoms with Crippen LogP contribution in [0.25, 0.3) is 0 Å². The molecule has 0 radical (unpaired) electrons. The Kier molecular flexibility index (Phi) is 5.42. The van der Waals surface area contributed by atoms with Crippen LogP contribution in [0.4, 0.5) is 14.0 Å². The fraction of sp³-hybridized carbons (Fsp3) is 0.300. The molecule has 0 saturated carbocycles. The molecular weight excluding hydrogens is 463 g/mol. The third-order valence-corrected chi connectivity index (χ3v) is 5.61. The smallest absolute Gasteiger partial charge is 0.410 e. The van der Waals surface area contributed by atoms with Crippen molar-refractivity contribution in [1.82, 2.24) is 9.80 Å². The Hall–Kier alpha value is -3.01. The van der Waals surface area contributed by atoms with Crippen molar-refractivity contribution in [2.24, 2.45) is 0 Å². The van der Waals surface area contributed by atoms with Crippen molar-refractivity contribution < 1.29 is 33.3 Å². The molecule has 0 spiro atoms. The number of amides is 2. The Morgan fingerprint density at radius 3 is 2.70 bits per heavy atom. The summed E-state index contributed by atoms with van der Waals surface area (Å²) in [6.45, 7) is 0.408. The first kappa shape index (κ1) is 20.3. The van der Waals surface area contributed by atoms with Crippen molar-refractivity contribution >= 4 is 28.1 Å². The normalized spacial score (nSPS) is 20.4. The average molecular weight is 481 g/mol. The number of carbonyl (C=O) groups is 2. The number of benzene rings is 2. The van der Waals surface area contributed by atoms with E-state index >= 15 is 0 Å². The Labute approximate surface area is 179 Å². The van der Waals surface area contributed by atoms with Gasteiger partial charge in [0, 0.05) is 18.2 Å². The first-order valence-corrected chi connectivity index (χ1v) is 9.87. The summed E-state index contributed by atoms with van der Waals surface area (Å²) in [7, 11) is 1.57. The van der Waals surface area contributed by atoms with Crippen LogP contribution in [-0.2, 0) is 17.8 Å². The molecule has 4 rings (SSSR count). The second-order valence-corrected chi connectivity index (χ2v) is 7.80. The van der Waals surface area contributed by atoms with Gasteiger partial charge in [-0.25, -0.2) is 14.0 Å². The Morgan fingerprint density at radius 1 is 1.30 bits per heavy atom. The molecule has 0 aliphatic carbocycles. The highest BCUT2D eigenvalue weighted by molar-refractivity contribution is 9.10. The molecule has 2 heterocycles. The first-order valence-electron chi connectivity index (χ1n) is 9.08. The van der Waals surface area contributed by atoms with E-state index in [-0.39, 0.29) is 29.9 Å². The van der Waals surface area contributed by atoms with Crippen LogP contribution in [0.5, 0.6) is 11.5 Å². The average Bonchev–Trinajstić information content (AvgIpc) is 3.08. The highest BCUT2D eigenvalue weighted by atomic mass is 79.9. The zero-order chi connectivity index (χ0) is 21.4. The van der Waals surface area contributed by atoms with Gasteiger partial charge in [-0.3, -0.25) is 9.80 Å². The van der Waals surface area contributed by atoms with Crippen molar-refractivity contribution in [3.63, 3.8) is 0 Å². The summed E-state index contributed by atoms with van der Waals surface area (Å²) in [5.41, 5.74) is 1.38. The zero-order valence-electron chi connectivity index (χ0n) is 15.9. The molecule has 1 fully saturated rings. The summed E-state index contributed by atoms with van der Waals surface area (Å²) in [6.07, 6.45) is -3.74. The number of halogens is 2. The van der Waals surface area contributed by atoms with Gasteiger partial charge in [-0.15, -0.1) is 0 Å². The Morgan fingerprint density at radius 2 is 2.03 bits per heavy atom. The van der Waals surface area contributed by atoms with Gasteiger partial charge in [-0.2, -0.15) is 0 Å². The van der Waals surface area contributed by atoms with E-state index in [4.69, 9.17) is 14.2 Å². The van der Waals surface area contributed by atoms with Crippen LogP contribution in [0, 0.1) is 5.82 Å². The maximum Gasteiger partial charge on any atom is 0.410 e. The molecule has 2 aliphatic heterocycles. The number of hydrogen-bond donors (Lipinski definition) is 1. The third kappa shape index (κ3) is 3.87. The Bertz CT molecular complexity index is 986. The summed E-state index contributed by atoms with van der Waals surface area (Å²) >= 11 is 3.09. The zero-order valence-corrected chi connectivity index (χ0v) is 17.5. The highest BCUT2D eigenvalue weighted by Gasteiger charge is 2.44. The number of nitrogens with zero attached hydrogens (tertiary/aromatic N) is 2. The monoisotopic (exact) mass is 480 g/mol. The van der Waals surface area contributed by atoms with E-state index < -0.39 is 30.3 Å². The molecule has 2 aromatic rings. The number of methoxy groups -OCH3 is 1. The van der Waals surface area contributed by atoms with Gasteiger partial charge in [-0.1, -0.05) is 12.1 Å². The lowest BCUT2D eigenvalue weighted by Gasteiger charge is -2.37. The van der Waals surface area contributed by atoms with Gasteiger partial charge in [0.2, 0.25) is 6.23 Å². The van der Waals surface area contributed by atoms with E-state index in [1.54, 1.807) is 19.2 Å². The van der Waals surface area contributed by atoms with Crippen LogP contribution >= 0.6 is 15.9 Å². The van der Waals surface area contributed by atoms with E-state index in [2.05, 4.69) is 15.9 Å². The summed E-state index contributed by atoms with van der Waals surface area (Å²) < 4.78 is 30.4. The van der Waals surface area contributed by atoms with Crippen LogP contribution in [0.2, 0.25) is 0 Å². The van der Waals surface area contributed by atoms with Crippen LogP contribution in [0.15, 0.2) is 40.9 Å². The van der Waals surface area contributed by atoms with Crippen molar-refractivity contribution in [3.05, 3.63) is 57.8 Å². The van der Waals surface area contributed by atoms with E-state index in [9.17, 15) is 19.1 Å². The van der Waals surface area contributed by atoms with Crippen LogP contribution in [0.3, 0.4) is 0 Å². The van der Waals surface area contributed by atoms with Gasteiger partial charge in [-0.05, 0) is 39.7 Å². The molecule has 1 N–H and O–H groups in total. The minimum absolute atomic E-state index is 0.0132. The predicted octanol–water partition coefficient (Wildman–Crippen LogP) is 3.82. The lowest BCUT2D eigenvalue weighted by atomic mass is 10.1. The van der Waals surface area contributed by atoms with Crippen LogP contribution < -0.4 is 9.47 Å². The molecule has 10 heteroatoms. The van der Waals surface area contributed by atoms with Gasteiger partial charge in [0.25, 0.3) is 0 Å². The highest BCUT2D eigenvalue weighted by Crippen LogP contribution is 2.35. The van der Waals surface area contributed by atoms with E-state index in [1.807, 2.05) is 12.1 Å². The molecular formula is C20H18BrFN2O6. The molecule has 2 amide bonds. The van der Waals surface area contributed by atoms with E-state index in [0.29, 0.717) is 11.3 Å². The van der Waals surface area contributed by atoms with Crippen molar-refractivity contribution in [1.29, 1.82) is 0 Å². The van der Waals surface area contributed by atoms with Gasteiger partial charge < -0.3 is 19.3 Å². The first-order chi connectivity index (χ1) is 14.4. The largest absolute Gasteiger partial charge is 0.497 e. The maximum absolute atomic E-state index is 13.9. The number of cyclic esters (lactones) is 1. The molecule has 8 nitrogen and oxygen atoms in total. The van der Waals surface area contributed by atoms with Crippen molar-refractivity contribution in [3.8, 4) is 11.5 Å². The third-order valence-electron chi connectivity index (χ3n) is 5.01. The fourth-order valence-electron chi connectivity index (χ4n) is 3.49. The fourth-order valence-corrected chi connectivity index (χ4v) is 3.88. The molecule has 0 bridgehead atoms. The Balaban J connectivity index is 1.52. The minimum Gasteiger partial charge on any atom is -0.497 e. The van der Waals surface area contributed by atoms with Gasteiger partial charge >= 0.3 is 12.2 Å². The molecule has 1 saturated heterocycles. The molecule has 2 aromatic carbocycles. The maximum atomic E-state index is 13.9. The van der Waals surface area contributed by atoms with Crippen LogP contribution in [0.1, 0.15) is 11.1 Å². The van der Waals surface area contributed by atoms with Crippen molar-refractivity contribution in [2.75, 3.05) is 13.7 Å². The lowest BCUT2D eigenvalue weighted by molar-refractivity contribution is -0.0581. The molecule has 158 valence electrons. The second-order valence-electron chi connectivity index (χ2n) is 6.94. The summed E-state index contributed by atoms with van der Waals surface area (Å²) in [5, 5.41) is 9.63. The minimum atomic E-state index is -1.23. The number of rotatable bonds is 4.